The molecule has 0 aliphatic carbocycles. The highest BCUT2D eigenvalue weighted by atomic mass is 79.9. The summed E-state index contributed by atoms with van der Waals surface area (Å²) in [5, 5.41) is 9.24. The number of rotatable bonds is 4. The molecule has 0 aromatic heterocycles. The first-order valence-corrected chi connectivity index (χ1v) is 9.10. The zero-order valence-electron chi connectivity index (χ0n) is 12.3. The molecular weight excluding hydrogens is 374 g/mol. The molecule has 6 nitrogen and oxygen atoms in total. The summed E-state index contributed by atoms with van der Waals surface area (Å²) in [7, 11) is -2.27. The van der Waals surface area contributed by atoms with Crippen molar-refractivity contribution >= 4 is 31.9 Å². The summed E-state index contributed by atoms with van der Waals surface area (Å²) in [6.45, 7) is 1.97. The number of methoxy groups -OCH3 is 1. The average Bonchev–Trinajstić information content (AvgIpc) is 2.46. The lowest BCUT2D eigenvalue weighted by Crippen LogP contribution is -2.49. The second-order valence-electron chi connectivity index (χ2n) is 5.24. The fourth-order valence-electron chi connectivity index (χ4n) is 2.73. The number of benzene rings is 1. The number of hydrogen-bond donors (Lipinski definition) is 1. The minimum atomic E-state index is -3.77. The Balaban J connectivity index is 2.39. The van der Waals surface area contributed by atoms with Crippen LogP contribution in [0.4, 0.5) is 0 Å². The maximum absolute atomic E-state index is 12.8. The van der Waals surface area contributed by atoms with E-state index in [-0.39, 0.29) is 4.90 Å². The van der Waals surface area contributed by atoms with E-state index in [4.69, 9.17) is 4.74 Å². The third kappa shape index (κ3) is 3.13. The monoisotopic (exact) mass is 391 g/mol. The number of carboxylic acids is 1. The van der Waals surface area contributed by atoms with Crippen molar-refractivity contribution in [3.8, 4) is 5.75 Å². The highest BCUT2D eigenvalue weighted by Gasteiger charge is 2.40. The molecule has 2 rings (SSSR count). The Morgan fingerprint density at radius 3 is 2.68 bits per heavy atom. The highest BCUT2D eigenvalue weighted by Crippen LogP contribution is 2.33. The van der Waals surface area contributed by atoms with Crippen molar-refractivity contribution < 1.29 is 23.1 Å². The van der Waals surface area contributed by atoms with Crippen LogP contribution in [0.2, 0.25) is 0 Å². The molecule has 1 aliphatic rings. The van der Waals surface area contributed by atoms with Crippen LogP contribution in [-0.2, 0) is 14.8 Å². The first-order valence-electron chi connectivity index (χ1n) is 6.87. The van der Waals surface area contributed by atoms with Gasteiger partial charge in [0.2, 0.25) is 10.0 Å². The van der Waals surface area contributed by atoms with Gasteiger partial charge in [0, 0.05) is 17.1 Å². The molecule has 122 valence electrons. The Morgan fingerprint density at radius 1 is 1.45 bits per heavy atom. The van der Waals surface area contributed by atoms with E-state index in [1.165, 1.54) is 17.5 Å². The number of aliphatic carboxylic acids is 1. The van der Waals surface area contributed by atoms with E-state index in [2.05, 4.69) is 15.9 Å². The standard InChI is InChI=1S/C14H18BrNO5S/c1-9-11(14(17)18)4-3-7-16(9)22(19,20)13-6-5-10(21-2)8-12(13)15/h5-6,8-9,11H,3-4,7H2,1-2H3,(H,17,18)/t9-,11-/m0/s1. The molecule has 1 saturated heterocycles. The van der Waals surface area contributed by atoms with E-state index in [1.54, 1.807) is 19.1 Å². The minimum absolute atomic E-state index is 0.117. The first-order chi connectivity index (χ1) is 10.3. The molecule has 2 atom stereocenters. The van der Waals surface area contributed by atoms with Gasteiger partial charge in [0.05, 0.1) is 17.9 Å². The van der Waals surface area contributed by atoms with Crippen molar-refractivity contribution in [3.63, 3.8) is 0 Å². The van der Waals surface area contributed by atoms with Crippen molar-refractivity contribution in [3.05, 3.63) is 22.7 Å². The van der Waals surface area contributed by atoms with E-state index in [0.29, 0.717) is 29.6 Å². The third-order valence-corrected chi connectivity index (χ3v) is 6.94. The molecular formula is C14H18BrNO5S. The normalized spacial score (nSPS) is 23.2. The van der Waals surface area contributed by atoms with Gasteiger partial charge in [-0.2, -0.15) is 4.31 Å². The van der Waals surface area contributed by atoms with Gasteiger partial charge in [-0.25, -0.2) is 8.42 Å². The van der Waals surface area contributed by atoms with E-state index >= 15 is 0 Å². The topological polar surface area (TPSA) is 83.9 Å². The maximum Gasteiger partial charge on any atom is 0.308 e. The van der Waals surface area contributed by atoms with Crippen LogP contribution in [0.3, 0.4) is 0 Å². The molecule has 0 unspecified atom stereocenters. The lowest BCUT2D eigenvalue weighted by atomic mass is 9.92. The molecule has 0 spiro atoms. The third-order valence-electron chi connectivity index (χ3n) is 3.97. The van der Waals surface area contributed by atoms with Crippen LogP contribution in [0, 0.1) is 5.92 Å². The fourth-order valence-corrected chi connectivity index (χ4v) is 5.45. The van der Waals surface area contributed by atoms with E-state index in [0.717, 1.165) is 0 Å². The first kappa shape index (κ1) is 17.2. The Bertz CT molecular complexity index is 676. The summed E-state index contributed by atoms with van der Waals surface area (Å²) < 4.78 is 32.4. The molecule has 1 aromatic rings. The van der Waals surface area contributed by atoms with Gasteiger partial charge in [-0.15, -0.1) is 0 Å². The van der Waals surface area contributed by atoms with Crippen LogP contribution >= 0.6 is 15.9 Å². The van der Waals surface area contributed by atoms with E-state index < -0.39 is 28.0 Å². The number of nitrogens with zero attached hydrogens (tertiary/aromatic N) is 1. The van der Waals surface area contributed by atoms with Gasteiger partial charge in [-0.3, -0.25) is 4.79 Å². The molecule has 1 aromatic carbocycles. The molecule has 1 fully saturated rings. The Hall–Kier alpha value is -1.12. The summed E-state index contributed by atoms with van der Waals surface area (Å²) in [5.41, 5.74) is 0. The summed E-state index contributed by atoms with van der Waals surface area (Å²) in [6.07, 6.45) is 1.03. The molecule has 0 radical (unpaired) electrons. The van der Waals surface area contributed by atoms with E-state index in [1.807, 2.05) is 0 Å². The lowest BCUT2D eigenvalue weighted by molar-refractivity contribution is -0.144. The minimum Gasteiger partial charge on any atom is -0.497 e. The van der Waals surface area contributed by atoms with Crippen LogP contribution in [-0.4, -0.2) is 43.5 Å². The molecule has 0 amide bonds. The molecule has 0 saturated carbocycles. The lowest BCUT2D eigenvalue weighted by Gasteiger charge is -2.36. The second kappa shape index (κ2) is 6.55. The van der Waals surface area contributed by atoms with Gasteiger partial charge in [0.25, 0.3) is 0 Å². The SMILES string of the molecule is COc1ccc(S(=O)(=O)N2CCC[C@H](C(=O)O)[C@@H]2C)c(Br)c1. The van der Waals surface area contributed by atoms with Crippen LogP contribution in [0.25, 0.3) is 0 Å². The predicted octanol–water partition coefficient (Wildman–Crippen LogP) is 2.33. The fraction of sp³-hybridized carbons (Fsp3) is 0.500. The van der Waals surface area contributed by atoms with E-state index in [9.17, 15) is 18.3 Å². The molecule has 1 aliphatic heterocycles. The molecule has 1 N–H and O–H groups in total. The van der Waals surface area contributed by atoms with Gasteiger partial charge in [-0.1, -0.05) is 0 Å². The Morgan fingerprint density at radius 2 is 2.14 bits per heavy atom. The van der Waals surface area contributed by atoms with Gasteiger partial charge < -0.3 is 9.84 Å². The maximum atomic E-state index is 12.8. The number of halogens is 1. The largest absolute Gasteiger partial charge is 0.497 e. The number of piperidine rings is 1. The molecule has 1 heterocycles. The number of carboxylic acid groups (broad SMARTS) is 1. The number of hydrogen-bond acceptors (Lipinski definition) is 4. The average molecular weight is 392 g/mol. The van der Waals surface area contributed by atoms with Gasteiger partial charge in [0.1, 0.15) is 5.75 Å². The van der Waals surface area contributed by atoms with Gasteiger partial charge in [0.15, 0.2) is 0 Å². The smallest absolute Gasteiger partial charge is 0.308 e. The Labute approximate surface area is 138 Å². The van der Waals surface area contributed by atoms with Crippen molar-refractivity contribution in [2.45, 2.75) is 30.7 Å². The van der Waals surface area contributed by atoms with Crippen LogP contribution in [0.1, 0.15) is 19.8 Å². The van der Waals surface area contributed by atoms with Crippen LogP contribution in [0.5, 0.6) is 5.75 Å². The number of sulfonamides is 1. The van der Waals surface area contributed by atoms with Gasteiger partial charge >= 0.3 is 5.97 Å². The zero-order chi connectivity index (χ0) is 16.5. The van der Waals surface area contributed by atoms with Crippen molar-refractivity contribution in [1.29, 1.82) is 0 Å². The van der Waals surface area contributed by atoms with Crippen molar-refractivity contribution in [2.24, 2.45) is 5.92 Å². The summed E-state index contributed by atoms with van der Waals surface area (Å²) in [6, 6.07) is 4.04. The summed E-state index contributed by atoms with van der Waals surface area (Å²) in [4.78, 5) is 11.4. The molecule has 22 heavy (non-hydrogen) atoms. The number of ether oxygens (including phenoxy) is 1. The molecule has 8 heteroatoms. The molecule has 0 bridgehead atoms. The summed E-state index contributed by atoms with van der Waals surface area (Å²) >= 11 is 3.25. The summed E-state index contributed by atoms with van der Waals surface area (Å²) in [5.74, 6) is -1.09. The predicted molar refractivity (Wildman–Crippen MR) is 84.4 cm³/mol. The van der Waals surface area contributed by atoms with Crippen molar-refractivity contribution in [1.82, 2.24) is 4.31 Å². The quantitative estimate of drug-likeness (QED) is 0.851. The van der Waals surface area contributed by atoms with Crippen LogP contribution in [0.15, 0.2) is 27.6 Å². The zero-order valence-corrected chi connectivity index (χ0v) is 14.7. The number of carbonyl (C=O) groups is 1. The second-order valence-corrected chi connectivity index (χ2v) is 7.95. The Kier molecular flexibility index (Phi) is 5.14. The van der Waals surface area contributed by atoms with Gasteiger partial charge in [-0.05, 0) is 53.9 Å². The van der Waals surface area contributed by atoms with Crippen LogP contribution < -0.4 is 4.74 Å². The highest BCUT2D eigenvalue weighted by molar-refractivity contribution is 9.10. The van der Waals surface area contributed by atoms with Crippen molar-refractivity contribution in [2.75, 3.05) is 13.7 Å².